The molecular weight excluding hydrogens is 420 g/mol. The molecule has 0 radical (unpaired) electrons. The number of nitrogens with zero attached hydrogens (tertiary/aromatic N) is 1. The lowest BCUT2D eigenvalue weighted by atomic mass is 10.1. The van der Waals surface area contributed by atoms with Gasteiger partial charge in [0, 0.05) is 23.5 Å². The Morgan fingerprint density at radius 2 is 1.96 bits per heavy atom. The van der Waals surface area contributed by atoms with Crippen LogP contribution in [0.3, 0.4) is 0 Å². The largest absolute Gasteiger partial charge is 0.496 e. The lowest BCUT2D eigenvalue weighted by molar-refractivity contribution is 0.0940. The van der Waals surface area contributed by atoms with Crippen molar-refractivity contribution >= 4 is 21.8 Å². The van der Waals surface area contributed by atoms with Gasteiger partial charge >= 0.3 is 0 Å². The first-order chi connectivity index (χ1) is 13.6. The van der Waals surface area contributed by atoms with Crippen molar-refractivity contribution in [1.29, 1.82) is 0 Å². The minimum atomic E-state index is -0.142. The number of methoxy groups -OCH3 is 1. The van der Waals surface area contributed by atoms with Gasteiger partial charge in [-0.2, -0.15) is 0 Å². The van der Waals surface area contributed by atoms with E-state index < -0.39 is 0 Å². The van der Waals surface area contributed by atoms with E-state index in [4.69, 9.17) is 9.47 Å². The average molecular weight is 441 g/mol. The van der Waals surface area contributed by atoms with Gasteiger partial charge in [0.25, 0.3) is 5.91 Å². The summed E-state index contributed by atoms with van der Waals surface area (Å²) in [6.45, 7) is 2.38. The second-order valence-corrected chi connectivity index (χ2v) is 7.12. The molecule has 0 fully saturated rings. The molecule has 0 saturated heterocycles. The molecule has 0 saturated carbocycles. The van der Waals surface area contributed by atoms with E-state index in [1.807, 2.05) is 37.3 Å². The monoisotopic (exact) mass is 440 g/mol. The lowest BCUT2D eigenvalue weighted by Gasteiger charge is -2.16. The fourth-order valence-corrected chi connectivity index (χ4v) is 3.23. The molecule has 28 heavy (non-hydrogen) atoms. The second-order valence-electron chi connectivity index (χ2n) is 6.26. The molecule has 1 atom stereocenters. The molecule has 0 aliphatic heterocycles. The van der Waals surface area contributed by atoms with Gasteiger partial charge in [0.15, 0.2) is 0 Å². The maximum atomic E-state index is 12.5. The van der Waals surface area contributed by atoms with Crippen molar-refractivity contribution in [3.8, 4) is 11.5 Å². The first-order valence-corrected chi connectivity index (χ1v) is 9.62. The summed E-state index contributed by atoms with van der Waals surface area (Å²) in [7, 11) is 1.62. The summed E-state index contributed by atoms with van der Waals surface area (Å²) >= 11 is 3.47. The number of ether oxygens (including phenoxy) is 2. The van der Waals surface area contributed by atoms with Crippen LogP contribution in [0.2, 0.25) is 0 Å². The number of carbonyl (C=O) groups is 1. The van der Waals surface area contributed by atoms with Crippen molar-refractivity contribution in [1.82, 2.24) is 10.3 Å². The van der Waals surface area contributed by atoms with Crippen LogP contribution in [0.15, 0.2) is 71.5 Å². The zero-order valence-corrected chi connectivity index (χ0v) is 17.3. The number of hydrogen-bond donors (Lipinski definition) is 1. The number of hydrogen-bond acceptors (Lipinski definition) is 4. The highest BCUT2D eigenvalue weighted by atomic mass is 79.9. The van der Waals surface area contributed by atoms with E-state index in [-0.39, 0.29) is 11.9 Å². The number of halogens is 1. The predicted molar refractivity (Wildman–Crippen MR) is 112 cm³/mol. The Morgan fingerprint density at radius 1 is 1.18 bits per heavy atom. The van der Waals surface area contributed by atoms with Gasteiger partial charge in [0.05, 0.1) is 17.6 Å². The van der Waals surface area contributed by atoms with Gasteiger partial charge in [-0.3, -0.25) is 9.78 Å². The number of aromatic nitrogens is 1. The van der Waals surface area contributed by atoms with Crippen LogP contribution in [-0.2, 0) is 6.61 Å². The number of pyridine rings is 1. The van der Waals surface area contributed by atoms with Gasteiger partial charge in [-0.1, -0.05) is 12.1 Å². The van der Waals surface area contributed by atoms with Gasteiger partial charge in [0.1, 0.15) is 18.1 Å². The van der Waals surface area contributed by atoms with E-state index in [1.54, 1.807) is 43.8 Å². The molecule has 1 aromatic heterocycles. The smallest absolute Gasteiger partial charge is 0.251 e. The molecule has 0 aliphatic rings. The molecule has 2 aromatic carbocycles. The summed E-state index contributed by atoms with van der Waals surface area (Å²) in [5, 5.41) is 3.00. The van der Waals surface area contributed by atoms with Crippen LogP contribution in [0.25, 0.3) is 0 Å². The third kappa shape index (κ3) is 5.10. The maximum Gasteiger partial charge on any atom is 0.251 e. The highest BCUT2D eigenvalue weighted by molar-refractivity contribution is 9.10. The van der Waals surface area contributed by atoms with Gasteiger partial charge in [0.2, 0.25) is 0 Å². The fraction of sp³-hybridized carbons (Fsp3) is 0.182. The van der Waals surface area contributed by atoms with E-state index in [1.165, 1.54) is 0 Å². The molecule has 0 bridgehead atoms. The first kappa shape index (κ1) is 19.9. The topological polar surface area (TPSA) is 60.5 Å². The van der Waals surface area contributed by atoms with Gasteiger partial charge in [-0.05, 0) is 70.9 Å². The van der Waals surface area contributed by atoms with Crippen LogP contribution in [-0.4, -0.2) is 18.0 Å². The highest BCUT2D eigenvalue weighted by Gasteiger charge is 2.13. The Morgan fingerprint density at radius 3 is 2.61 bits per heavy atom. The molecule has 1 unspecified atom stereocenters. The van der Waals surface area contributed by atoms with Crippen molar-refractivity contribution in [3.63, 3.8) is 0 Å². The van der Waals surface area contributed by atoms with E-state index in [0.29, 0.717) is 17.9 Å². The van der Waals surface area contributed by atoms with E-state index in [0.717, 1.165) is 21.3 Å². The molecule has 0 spiro atoms. The summed E-state index contributed by atoms with van der Waals surface area (Å²) in [4.78, 5) is 16.6. The van der Waals surface area contributed by atoms with E-state index in [9.17, 15) is 4.79 Å². The van der Waals surface area contributed by atoms with Crippen LogP contribution in [0.1, 0.15) is 34.5 Å². The lowest BCUT2D eigenvalue weighted by Crippen LogP contribution is -2.26. The Hall–Kier alpha value is -2.86. The number of amides is 1. The molecule has 0 aliphatic carbocycles. The predicted octanol–water partition coefficient (Wildman–Crippen LogP) is 4.92. The van der Waals surface area contributed by atoms with Crippen molar-refractivity contribution in [2.45, 2.75) is 19.6 Å². The minimum absolute atomic E-state index is 0.141. The second kappa shape index (κ2) is 9.37. The molecule has 6 heteroatoms. The van der Waals surface area contributed by atoms with Crippen LogP contribution in [0, 0.1) is 0 Å². The maximum absolute atomic E-state index is 12.5. The van der Waals surface area contributed by atoms with Gasteiger partial charge in [-0.15, -0.1) is 0 Å². The summed E-state index contributed by atoms with van der Waals surface area (Å²) in [6, 6.07) is 16.5. The normalized spacial score (nSPS) is 11.5. The Kier molecular flexibility index (Phi) is 6.66. The summed E-state index contributed by atoms with van der Waals surface area (Å²) < 4.78 is 11.8. The number of benzene rings is 2. The van der Waals surface area contributed by atoms with Crippen molar-refractivity contribution < 1.29 is 14.3 Å². The molecule has 1 heterocycles. The number of carbonyl (C=O) groups excluding carboxylic acids is 1. The Balaban J connectivity index is 1.58. The third-order valence-electron chi connectivity index (χ3n) is 4.27. The molecule has 3 aromatic rings. The first-order valence-electron chi connectivity index (χ1n) is 8.83. The summed E-state index contributed by atoms with van der Waals surface area (Å²) in [5.41, 5.74) is 2.55. The molecule has 144 valence electrons. The Bertz CT molecular complexity index is 930. The van der Waals surface area contributed by atoms with Crippen LogP contribution < -0.4 is 14.8 Å². The summed E-state index contributed by atoms with van der Waals surface area (Å²) in [5.74, 6) is 1.31. The van der Waals surface area contributed by atoms with E-state index in [2.05, 4.69) is 26.2 Å². The van der Waals surface area contributed by atoms with Crippen LogP contribution in [0.4, 0.5) is 0 Å². The molecule has 5 nitrogen and oxygen atoms in total. The van der Waals surface area contributed by atoms with Gasteiger partial charge < -0.3 is 14.8 Å². The standard InChI is InChI=1S/C22H21BrN2O3/c1-15(18-7-10-21(27-2)20(23)12-18)25-22(26)17-5-8-19(9-6-17)28-14-16-4-3-11-24-13-16/h3-13,15H,14H2,1-2H3,(H,25,26). The highest BCUT2D eigenvalue weighted by Crippen LogP contribution is 2.28. The zero-order chi connectivity index (χ0) is 19.9. The van der Waals surface area contributed by atoms with Crippen LogP contribution in [0.5, 0.6) is 11.5 Å². The SMILES string of the molecule is COc1ccc(C(C)NC(=O)c2ccc(OCc3cccnc3)cc2)cc1Br. The fourth-order valence-electron chi connectivity index (χ4n) is 2.67. The number of rotatable bonds is 7. The molecule has 1 N–H and O–H groups in total. The molecule has 1 amide bonds. The molecular formula is C22H21BrN2O3. The third-order valence-corrected chi connectivity index (χ3v) is 4.89. The van der Waals surface area contributed by atoms with Crippen molar-refractivity contribution in [2.75, 3.05) is 7.11 Å². The Labute approximate surface area is 172 Å². The average Bonchev–Trinajstić information content (AvgIpc) is 2.73. The van der Waals surface area contributed by atoms with Crippen LogP contribution >= 0.6 is 15.9 Å². The van der Waals surface area contributed by atoms with Crippen molar-refractivity contribution in [2.24, 2.45) is 0 Å². The van der Waals surface area contributed by atoms with Gasteiger partial charge in [-0.25, -0.2) is 0 Å². The number of nitrogens with one attached hydrogen (secondary N) is 1. The quantitative estimate of drug-likeness (QED) is 0.565. The van der Waals surface area contributed by atoms with E-state index >= 15 is 0 Å². The molecule has 3 rings (SSSR count). The zero-order valence-electron chi connectivity index (χ0n) is 15.7. The summed E-state index contributed by atoms with van der Waals surface area (Å²) in [6.07, 6.45) is 3.49. The minimum Gasteiger partial charge on any atom is -0.496 e. The van der Waals surface area contributed by atoms with Crippen molar-refractivity contribution in [3.05, 3.63) is 88.2 Å².